The molecule has 0 N–H and O–H groups in total. The van der Waals surface area contributed by atoms with E-state index in [4.69, 9.17) is 25.8 Å². The summed E-state index contributed by atoms with van der Waals surface area (Å²) in [6, 6.07) is 12.1. The average Bonchev–Trinajstić information content (AvgIpc) is 2.49. The molecule has 0 saturated heterocycles. The summed E-state index contributed by atoms with van der Waals surface area (Å²) in [4.78, 5) is 12.1. The molecule has 0 saturated carbocycles. The van der Waals surface area contributed by atoms with Crippen LogP contribution < -0.4 is 14.2 Å². The van der Waals surface area contributed by atoms with Gasteiger partial charge in [0.15, 0.2) is 11.5 Å². The Kier molecular flexibility index (Phi) is 4.03. The van der Waals surface area contributed by atoms with Crippen molar-refractivity contribution in [2.75, 3.05) is 6.61 Å². The number of esters is 1. The number of hydrogen-bond acceptors (Lipinski definition) is 4. The minimum absolute atomic E-state index is 0.112. The van der Waals surface area contributed by atoms with Crippen LogP contribution in [0.3, 0.4) is 0 Å². The van der Waals surface area contributed by atoms with Crippen molar-refractivity contribution in [2.24, 2.45) is 0 Å². The summed E-state index contributed by atoms with van der Waals surface area (Å²) >= 11 is 9.13. The standard InChI is InChI=1S/C15H10BrClO4/c16-10-7-9(17)5-6-11(10)21-15(18)14-8-19-12-3-1-2-4-13(12)20-14/h1-7,14H,8H2/t14-/m1/s1. The zero-order chi connectivity index (χ0) is 14.8. The van der Waals surface area contributed by atoms with E-state index in [0.29, 0.717) is 26.7 Å². The average molecular weight is 370 g/mol. The lowest BCUT2D eigenvalue weighted by Gasteiger charge is -2.24. The van der Waals surface area contributed by atoms with Gasteiger partial charge in [0.05, 0.1) is 4.47 Å². The largest absolute Gasteiger partial charge is 0.485 e. The first-order valence-electron chi connectivity index (χ1n) is 6.19. The molecule has 2 aromatic carbocycles. The van der Waals surface area contributed by atoms with Crippen LogP contribution in [0.4, 0.5) is 0 Å². The minimum atomic E-state index is -0.803. The highest BCUT2D eigenvalue weighted by molar-refractivity contribution is 9.10. The van der Waals surface area contributed by atoms with E-state index in [0.717, 1.165) is 0 Å². The van der Waals surface area contributed by atoms with Crippen LogP contribution in [0.15, 0.2) is 46.9 Å². The van der Waals surface area contributed by atoms with Crippen molar-refractivity contribution in [3.8, 4) is 17.2 Å². The smallest absolute Gasteiger partial charge is 0.356 e. The second-order valence-electron chi connectivity index (χ2n) is 4.36. The fourth-order valence-corrected chi connectivity index (χ4v) is 2.63. The maximum Gasteiger partial charge on any atom is 0.356 e. The predicted molar refractivity (Wildman–Crippen MR) is 81.1 cm³/mol. The van der Waals surface area contributed by atoms with Crippen molar-refractivity contribution >= 4 is 33.5 Å². The number of carbonyl (C=O) groups excluding carboxylic acids is 1. The molecule has 0 bridgehead atoms. The van der Waals surface area contributed by atoms with Crippen LogP contribution in [-0.2, 0) is 4.79 Å². The molecule has 0 aromatic heterocycles. The molecule has 0 unspecified atom stereocenters. The molecule has 108 valence electrons. The lowest BCUT2D eigenvalue weighted by atomic mass is 10.2. The summed E-state index contributed by atoms with van der Waals surface area (Å²) in [6.07, 6.45) is -0.803. The Morgan fingerprint density at radius 3 is 2.76 bits per heavy atom. The van der Waals surface area contributed by atoms with Crippen LogP contribution in [0.2, 0.25) is 5.02 Å². The Morgan fingerprint density at radius 1 is 1.24 bits per heavy atom. The van der Waals surface area contributed by atoms with Crippen molar-refractivity contribution in [1.29, 1.82) is 0 Å². The van der Waals surface area contributed by atoms with Gasteiger partial charge in [0.25, 0.3) is 0 Å². The van der Waals surface area contributed by atoms with Crippen molar-refractivity contribution in [3.63, 3.8) is 0 Å². The number of rotatable bonds is 2. The van der Waals surface area contributed by atoms with Gasteiger partial charge in [0, 0.05) is 5.02 Å². The first-order chi connectivity index (χ1) is 10.1. The predicted octanol–water partition coefficient (Wildman–Crippen LogP) is 3.85. The van der Waals surface area contributed by atoms with Crippen molar-refractivity contribution in [2.45, 2.75) is 6.10 Å². The third-order valence-electron chi connectivity index (χ3n) is 2.88. The molecule has 0 aliphatic carbocycles. The van der Waals surface area contributed by atoms with Crippen LogP contribution in [0, 0.1) is 0 Å². The summed E-state index contributed by atoms with van der Waals surface area (Å²) in [6.45, 7) is 0.112. The number of ether oxygens (including phenoxy) is 3. The maximum absolute atomic E-state index is 12.1. The van der Waals surface area contributed by atoms with Crippen molar-refractivity contribution in [3.05, 3.63) is 52.0 Å². The molecule has 4 nitrogen and oxygen atoms in total. The highest BCUT2D eigenvalue weighted by atomic mass is 79.9. The van der Waals surface area contributed by atoms with Crippen LogP contribution in [-0.4, -0.2) is 18.7 Å². The van der Waals surface area contributed by atoms with Gasteiger partial charge in [0.1, 0.15) is 12.4 Å². The van der Waals surface area contributed by atoms with Gasteiger partial charge in [-0.3, -0.25) is 0 Å². The number of benzene rings is 2. The zero-order valence-electron chi connectivity index (χ0n) is 10.7. The van der Waals surface area contributed by atoms with Gasteiger partial charge in [-0.1, -0.05) is 23.7 Å². The third-order valence-corrected chi connectivity index (χ3v) is 3.73. The van der Waals surface area contributed by atoms with Crippen LogP contribution >= 0.6 is 27.5 Å². The SMILES string of the molecule is O=C(Oc1ccc(Cl)cc1Br)[C@H]1COc2ccccc2O1. The van der Waals surface area contributed by atoms with Crippen LogP contribution in [0.25, 0.3) is 0 Å². The monoisotopic (exact) mass is 368 g/mol. The summed E-state index contributed by atoms with van der Waals surface area (Å²) in [5.74, 6) is 1.01. The lowest BCUT2D eigenvalue weighted by Crippen LogP contribution is -2.39. The Balaban J connectivity index is 1.72. The first-order valence-corrected chi connectivity index (χ1v) is 7.36. The Morgan fingerprint density at radius 2 is 2.00 bits per heavy atom. The summed E-state index contributed by atoms with van der Waals surface area (Å²) in [5.41, 5.74) is 0. The molecule has 1 heterocycles. The number of carbonyl (C=O) groups is 1. The molecule has 6 heteroatoms. The Bertz CT molecular complexity index is 689. The second kappa shape index (κ2) is 5.95. The lowest BCUT2D eigenvalue weighted by molar-refractivity contribution is -0.144. The molecule has 0 fully saturated rings. The molecule has 0 radical (unpaired) electrons. The minimum Gasteiger partial charge on any atom is -0.485 e. The Hall–Kier alpha value is -1.72. The second-order valence-corrected chi connectivity index (χ2v) is 5.65. The normalized spacial score (nSPS) is 16.4. The van der Waals surface area contributed by atoms with Crippen molar-refractivity contribution in [1.82, 2.24) is 0 Å². The third kappa shape index (κ3) is 3.14. The Labute approximate surface area is 134 Å². The van der Waals surface area contributed by atoms with Crippen LogP contribution in [0.5, 0.6) is 17.2 Å². The number of hydrogen-bond donors (Lipinski definition) is 0. The van der Waals surface area contributed by atoms with E-state index in [2.05, 4.69) is 15.9 Å². The summed E-state index contributed by atoms with van der Waals surface area (Å²) in [7, 11) is 0. The molecule has 1 aliphatic heterocycles. The highest BCUT2D eigenvalue weighted by Crippen LogP contribution is 2.32. The van der Waals surface area contributed by atoms with Gasteiger partial charge < -0.3 is 14.2 Å². The number of fused-ring (bicyclic) bond motifs is 1. The fraction of sp³-hybridized carbons (Fsp3) is 0.133. The van der Waals surface area contributed by atoms with Gasteiger partial charge in [-0.05, 0) is 46.3 Å². The quantitative estimate of drug-likeness (QED) is 0.596. The molecule has 1 atom stereocenters. The van der Waals surface area contributed by atoms with E-state index in [1.54, 1.807) is 30.3 Å². The first kappa shape index (κ1) is 14.2. The molecule has 0 spiro atoms. The van der Waals surface area contributed by atoms with Gasteiger partial charge in [-0.2, -0.15) is 0 Å². The topological polar surface area (TPSA) is 44.8 Å². The maximum atomic E-state index is 12.1. The van der Waals surface area contributed by atoms with Crippen molar-refractivity contribution < 1.29 is 19.0 Å². The molecule has 2 aromatic rings. The molecule has 3 rings (SSSR count). The molecule has 0 amide bonds. The number of para-hydroxylation sites is 2. The molecule has 21 heavy (non-hydrogen) atoms. The summed E-state index contributed by atoms with van der Waals surface area (Å²) in [5, 5.41) is 0.549. The van der Waals surface area contributed by atoms with Crippen LogP contribution in [0.1, 0.15) is 0 Å². The number of halogens is 2. The van der Waals surface area contributed by atoms with E-state index in [1.807, 2.05) is 12.1 Å². The van der Waals surface area contributed by atoms with Gasteiger partial charge >= 0.3 is 5.97 Å². The van der Waals surface area contributed by atoms with E-state index >= 15 is 0 Å². The van der Waals surface area contributed by atoms with Gasteiger partial charge in [-0.15, -0.1) is 0 Å². The molecule has 1 aliphatic rings. The van der Waals surface area contributed by atoms with E-state index in [-0.39, 0.29) is 6.61 Å². The highest BCUT2D eigenvalue weighted by Gasteiger charge is 2.29. The van der Waals surface area contributed by atoms with Gasteiger partial charge in [0.2, 0.25) is 6.10 Å². The summed E-state index contributed by atoms with van der Waals surface area (Å²) < 4.78 is 17.0. The van der Waals surface area contributed by atoms with E-state index in [1.165, 1.54) is 0 Å². The van der Waals surface area contributed by atoms with Gasteiger partial charge in [-0.25, -0.2) is 4.79 Å². The molecular formula is C15H10BrClO4. The zero-order valence-corrected chi connectivity index (χ0v) is 13.1. The van der Waals surface area contributed by atoms with E-state index in [9.17, 15) is 4.79 Å². The van der Waals surface area contributed by atoms with E-state index < -0.39 is 12.1 Å². The molecular weight excluding hydrogens is 360 g/mol. The fourth-order valence-electron chi connectivity index (χ4n) is 1.87.